The third-order valence-electron chi connectivity index (χ3n) is 6.38. The molecule has 7 nitrogen and oxygen atoms in total. The minimum absolute atomic E-state index is 0.0276. The van der Waals surface area contributed by atoms with Crippen molar-refractivity contribution in [1.29, 1.82) is 0 Å². The minimum atomic E-state index is -4.45. The maximum absolute atomic E-state index is 13.6. The van der Waals surface area contributed by atoms with Crippen molar-refractivity contribution in [1.82, 2.24) is 14.5 Å². The van der Waals surface area contributed by atoms with Gasteiger partial charge in [-0.15, -0.1) is 0 Å². The van der Waals surface area contributed by atoms with Crippen LogP contribution in [0.4, 0.5) is 13.2 Å². The second-order valence-corrected chi connectivity index (χ2v) is 12.2. The molecule has 1 saturated heterocycles. The van der Waals surface area contributed by atoms with Crippen molar-refractivity contribution < 1.29 is 26.4 Å². The molecule has 0 aliphatic carbocycles. The van der Waals surface area contributed by atoms with Crippen molar-refractivity contribution in [2.45, 2.75) is 43.4 Å². The third-order valence-corrected chi connectivity index (χ3v) is 9.33. The summed E-state index contributed by atoms with van der Waals surface area (Å²) >= 11 is 1.57. The monoisotopic (exact) mass is 554 g/mol. The Morgan fingerprint density at radius 1 is 1.11 bits per heavy atom. The van der Waals surface area contributed by atoms with E-state index in [9.17, 15) is 26.4 Å². The molecule has 1 fully saturated rings. The summed E-state index contributed by atoms with van der Waals surface area (Å²) < 4.78 is 67.0. The van der Waals surface area contributed by atoms with Gasteiger partial charge in [0.2, 0.25) is 15.9 Å². The normalized spacial score (nSPS) is 19.2. The first-order chi connectivity index (χ1) is 17.5. The number of thioether (sulfide) groups is 1. The zero-order chi connectivity index (χ0) is 26.8. The molecular weight excluding hydrogens is 525 g/mol. The Bertz CT molecular complexity index is 1250. The Morgan fingerprint density at radius 2 is 1.78 bits per heavy atom. The maximum atomic E-state index is 13.6. The summed E-state index contributed by atoms with van der Waals surface area (Å²) in [5.41, 5.74) is 0.704. The number of hydrogen-bond acceptors (Lipinski definition) is 6. The molecule has 0 aromatic heterocycles. The topological polar surface area (TPSA) is 82.1 Å². The average molecular weight is 555 g/mol. The van der Waals surface area contributed by atoms with Crippen LogP contribution in [0.1, 0.15) is 36.5 Å². The molecular formula is C25H29F3N4O3S2. The highest BCUT2D eigenvalue weighted by Crippen LogP contribution is 2.29. The molecule has 4 rings (SSSR count). The Hall–Kier alpha value is -2.57. The molecule has 0 bridgehead atoms. The van der Waals surface area contributed by atoms with Gasteiger partial charge in [-0.25, -0.2) is 8.42 Å². The Balaban J connectivity index is 1.54. The largest absolute Gasteiger partial charge is 0.416 e. The highest BCUT2D eigenvalue weighted by atomic mass is 32.2. The molecule has 12 heteroatoms. The smallest absolute Gasteiger partial charge is 0.351 e. The van der Waals surface area contributed by atoms with Gasteiger partial charge in [0.25, 0.3) is 0 Å². The van der Waals surface area contributed by atoms with Crippen LogP contribution < -0.4 is 5.32 Å². The molecule has 2 aromatic carbocycles. The van der Waals surface area contributed by atoms with Crippen LogP contribution in [0.5, 0.6) is 0 Å². The predicted molar refractivity (Wildman–Crippen MR) is 138 cm³/mol. The Morgan fingerprint density at radius 3 is 2.35 bits per heavy atom. The van der Waals surface area contributed by atoms with Crippen molar-refractivity contribution in [3.63, 3.8) is 0 Å². The Kier molecular flexibility index (Phi) is 8.20. The quantitative estimate of drug-likeness (QED) is 0.586. The number of amides is 1. The fourth-order valence-corrected chi connectivity index (χ4v) is 6.70. The molecule has 2 aliphatic heterocycles. The molecule has 200 valence electrons. The second-order valence-electron chi connectivity index (χ2n) is 9.23. The summed E-state index contributed by atoms with van der Waals surface area (Å²) in [7, 11) is -3.98. The lowest BCUT2D eigenvalue weighted by molar-refractivity contribution is -0.137. The number of halogens is 3. The molecule has 0 saturated carbocycles. The van der Waals surface area contributed by atoms with Crippen LogP contribution in [0.2, 0.25) is 0 Å². The first-order valence-electron chi connectivity index (χ1n) is 11.9. The number of hydrogen-bond donors (Lipinski definition) is 1. The van der Waals surface area contributed by atoms with Crippen LogP contribution in [-0.4, -0.2) is 66.7 Å². The number of carbonyl (C=O) groups is 1. The maximum Gasteiger partial charge on any atom is 0.416 e. The second kappa shape index (κ2) is 11.0. The third kappa shape index (κ3) is 6.29. The van der Waals surface area contributed by atoms with Crippen LogP contribution in [0.3, 0.4) is 0 Å². The lowest BCUT2D eigenvalue weighted by Crippen LogP contribution is -2.61. The molecule has 1 amide bonds. The van der Waals surface area contributed by atoms with Crippen molar-refractivity contribution >= 4 is 32.9 Å². The molecule has 2 aliphatic rings. The van der Waals surface area contributed by atoms with Gasteiger partial charge in [0.1, 0.15) is 6.04 Å². The number of nitrogens with zero attached hydrogens (tertiary/aromatic N) is 3. The van der Waals surface area contributed by atoms with E-state index in [1.165, 1.54) is 16.4 Å². The van der Waals surface area contributed by atoms with Crippen LogP contribution >= 0.6 is 11.8 Å². The predicted octanol–water partition coefficient (Wildman–Crippen LogP) is 3.92. The molecule has 1 atom stereocenters. The van der Waals surface area contributed by atoms with E-state index in [0.29, 0.717) is 18.7 Å². The number of aliphatic imine (C=N–C) groups is 1. The van der Waals surface area contributed by atoms with Crippen molar-refractivity contribution in [3.8, 4) is 0 Å². The molecule has 0 spiro atoms. The molecule has 1 N–H and O–H groups in total. The molecule has 2 heterocycles. The Labute approximate surface area is 219 Å². The number of nitrogens with one attached hydrogen (secondary N) is 1. The number of alkyl halides is 3. The number of rotatable bonds is 6. The standard InChI is InChI=1S/C25H29F3N4O3S2/c1-17(2)19-5-9-21(10-6-19)37(34,35)32-13-12-31(24-29-11-14-36-24)16-22(32)23(33)30-15-18-3-7-20(8-4-18)25(26,27)28/h3-10,17,22H,11-16H2,1-2H3,(H,30,33). The zero-order valence-electron chi connectivity index (χ0n) is 20.5. The summed E-state index contributed by atoms with van der Waals surface area (Å²) in [6.07, 6.45) is -4.45. The zero-order valence-corrected chi connectivity index (χ0v) is 22.2. The fourth-order valence-electron chi connectivity index (χ4n) is 4.24. The van der Waals surface area contributed by atoms with Gasteiger partial charge in [-0.05, 0) is 41.3 Å². The van der Waals surface area contributed by atoms with Gasteiger partial charge in [-0.1, -0.05) is 49.9 Å². The number of carbonyl (C=O) groups excluding carboxylic acids is 1. The van der Waals surface area contributed by atoms with Gasteiger partial charge in [0.05, 0.1) is 17.0 Å². The lowest BCUT2D eigenvalue weighted by Gasteiger charge is -2.40. The minimum Gasteiger partial charge on any atom is -0.351 e. The fraction of sp³-hybridized carbons (Fsp3) is 0.440. The van der Waals surface area contributed by atoms with Crippen molar-refractivity contribution in [2.24, 2.45) is 4.99 Å². The van der Waals surface area contributed by atoms with E-state index in [4.69, 9.17) is 0 Å². The average Bonchev–Trinajstić information content (AvgIpc) is 3.42. The first-order valence-corrected chi connectivity index (χ1v) is 14.4. The van der Waals surface area contributed by atoms with Gasteiger partial charge in [-0.2, -0.15) is 17.5 Å². The van der Waals surface area contributed by atoms with Gasteiger partial charge >= 0.3 is 6.18 Å². The summed E-state index contributed by atoms with van der Waals surface area (Å²) in [4.78, 5) is 19.8. The van der Waals surface area contributed by atoms with Gasteiger partial charge in [0.15, 0.2) is 5.17 Å². The van der Waals surface area contributed by atoms with E-state index >= 15 is 0 Å². The van der Waals surface area contributed by atoms with Crippen LogP contribution in [-0.2, 0) is 27.5 Å². The van der Waals surface area contributed by atoms with Gasteiger partial charge in [-0.3, -0.25) is 9.79 Å². The van der Waals surface area contributed by atoms with Crippen molar-refractivity contribution in [3.05, 3.63) is 65.2 Å². The summed E-state index contributed by atoms with van der Waals surface area (Å²) in [6, 6.07) is 10.1. The number of sulfonamides is 1. The lowest BCUT2D eigenvalue weighted by atomic mass is 10.0. The van der Waals surface area contributed by atoms with Crippen LogP contribution in [0.25, 0.3) is 0 Å². The number of piperazine rings is 1. The molecule has 2 aromatic rings. The highest BCUT2D eigenvalue weighted by molar-refractivity contribution is 8.14. The molecule has 37 heavy (non-hydrogen) atoms. The van der Waals surface area contributed by atoms with E-state index in [1.54, 1.807) is 36.0 Å². The summed E-state index contributed by atoms with van der Waals surface area (Å²) in [5, 5.41) is 3.51. The van der Waals surface area contributed by atoms with Gasteiger partial charge in [0, 0.05) is 31.9 Å². The number of amidine groups is 1. The van der Waals surface area contributed by atoms with Crippen LogP contribution in [0.15, 0.2) is 58.4 Å². The molecule has 0 radical (unpaired) electrons. The first kappa shape index (κ1) is 27.5. The highest BCUT2D eigenvalue weighted by Gasteiger charge is 2.41. The summed E-state index contributed by atoms with van der Waals surface area (Å²) in [6.45, 7) is 5.32. The summed E-state index contributed by atoms with van der Waals surface area (Å²) in [5.74, 6) is 0.560. The van der Waals surface area contributed by atoms with Crippen molar-refractivity contribution in [2.75, 3.05) is 31.9 Å². The molecule has 1 unspecified atom stereocenters. The SMILES string of the molecule is CC(C)c1ccc(S(=O)(=O)N2CCN(C3=NCCS3)CC2C(=O)NCc2ccc(C(F)(F)F)cc2)cc1. The van der Waals surface area contributed by atoms with E-state index in [-0.39, 0.29) is 30.4 Å². The van der Waals surface area contributed by atoms with E-state index < -0.39 is 33.7 Å². The van der Waals surface area contributed by atoms with E-state index in [0.717, 1.165) is 28.6 Å². The van der Waals surface area contributed by atoms with E-state index in [2.05, 4.69) is 10.3 Å². The van der Waals surface area contributed by atoms with E-state index in [1.807, 2.05) is 18.7 Å². The van der Waals surface area contributed by atoms with Crippen LogP contribution in [0, 0.1) is 0 Å². The number of benzene rings is 2. The van der Waals surface area contributed by atoms with Gasteiger partial charge < -0.3 is 10.2 Å².